The minimum Gasteiger partial charge on any atom is -0.326 e. The Labute approximate surface area is 165 Å². The molecule has 0 heterocycles. The molecule has 0 unspecified atom stereocenters. The van der Waals surface area contributed by atoms with Gasteiger partial charge < -0.3 is 15.4 Å². The van der Waals surface area contributed by atoms with Gasteiger partial charge in [0.05, 0.1) is 0 Å². The van der Waals surface area contributed by atoms with E-state index in [0.29, 0.717) is 0 Å². The van der Waals surface area contributed by atoms with E-state index in [-0.39, 0.29) is 0 Å². The van der Waals surface area contributed by atoms with E-state index in [1.54, 1.807) is 0 Å². The summed E-state index contributed by atoms with van der Waals surface area (Å²) in [5.41, 5.74) is 0. The lowest BCUT2D eigenvalue weighted by atomic mass is 10.5. The molecule has 0 fully saturated rings. The molecule has 0 aliphatic rings. The molecule has 2 atom stereocenters. The van der Waals surface area contributed by atoms with Crippen molar-refractivity contribution in [3.63, 3.8) is 0 Å². The summed E-state index contributed by atoms with van der Waals surface area (Å²) in [7, 11) is 0. The van der Waals surface area contributed by atoms with Crippen LogP contribution >= 0.6 is 69.6 Å². The lowest BCUT2D eigenvalue weighted by Gasteiger charge is -2.33. The number of rotatable bonds is 4. The molecule has 0 bridgehead atoms. The minimum atomic E-state index is -5.47. The molecule has 0 aromatic carbocycles. The third-order valence-electron chi connectivity index (χ3n) is 1.91. The molecule has 17 heteroatoms. The van der Waals surface area contributed by atoms with E-state index >= 15 is 0 Å². The number of halogens is 12. The standard InChI is InChI=1S/C8H4Cl6F6N2O3/c9-5(10,11)3(21-1(23)7(15,16)17)25-4(6(12,13)14)22-2(24)8(18,19)20/h3-4H,(H,21,23)(H,22,24)/t3-,4-/m1/s1. The highest BCUT2D eigenvalue weighted by atomic mass is 35.6. The quantitative estimate of drug-likeness (QED) is 0.349. The van der Waals surface area contributed by atoms with Gasteiger partial charge in [0, 0.05) is 0 Å². The van der Waals surface area contributed by atoms with Gasteiger partial charge in [-0.15, -0.1) is 0 Å². The van der Waals surface area contributed by atoms with Gasteiger partial charge in [-0.25, -0.2) is 0 Å². The highest BCUT2D eigenvalue weighted by Gasteiger charge is 2.49. The smallest absolute Gasteiger partial charge is 0.326 e. The Morgan fingerprint density at radius 2 is 0.920 bits per heavy atom. The van der Waals surface area contributed by atoms with Crippen LogP contribution in [0.25, 0.3) is 0 Å². The Balaban J connectivity index is 5.50. The fourth-order valence-electron chi connectivity index (χ4n) is 0.924. The highest BCUT2D eigenvalue weighted by molar-refractivity contribution is 6.68. The van der Waals surface area contributed by atoms with Crippen LogP contribution in [0.4, 0.5) is 26.3 Å². The summed E-state index contributed by atoms with van der Waals surface area (Å²) in [5, 5.41) is 2.04. The molecule has 0 aromatic rings. The maximum absolute atomic E-state index is 12.2. The van der Waals surface area contributed by atoms with Crippen molar-refractivity contribution in [1.29, 1.82) is 0 Å². The van der Waals surface area contributed by atoms with Gasteiger partial charge in [-0.1, -0.05) is 69.6 Å². The van der Waals surface area contributed by atoms with Crippen molar-refractivity contribution < 1.29 is 40.7 Å². The maximum Gasteiger partial charge on any atom is 0.471 e. The van der Waals surface area contributed by atoms with Crippen LogP contribution in [0.3, 0.4) is 0 Å². The fraction of sp³-hybridized carbons (Fsp3) is 0.750. The molecule has 0 saturated carbocycles. The summed E-state index contributed by atoms with van der Waals surface area (Å²) >= 11 is 31.6. The molecule has 0 radical (unpaired) electrons. The van der Waals surface area contributed by atoms with E-state index in [4.69, 9.17) is 69.6 Å². The molecular formula is C8H4Cl6F6N2O3. The first-order valence-corrected chi connectivity index (χ1v) is 7.57. The summed E-state index contributed by atoms with van der Waals surface area (Å²) in [6, 6.07) is 0. The van der Waals surface area contributed by atoms with Crippen LogP contribution < -0.4 is 10.6 Å². The highest BCUT2D eigenvalue weighted by Crippen LogP contribution is 2.37. The molecule has 0 aromatic heterocycles. The fourth-order valence-corrected chi connectivity index (χ4v) is 1.56. The van der Waals surface area contributed by atoms with Crippen molar-refractivity contribution >= 4 is 81.4 Å². The van der Waals surface area contributed by atoms with Crippen LogP contribution in [0, 0.1) is 0 Å². The molecule has 0 saturated heterocycles. The van der Waals surface area contributed by atoms with Crippen molar-refractivity contribution in [3.05, 3.63) is 0 Å². The van der Waals surface area contributed by atoms with Gasteiger partial charge in [0.15, 0.2) is 12.5 Å². The van der Waals surface area contributed by atoms with Crippen LogP contribution in [-0.4, -0.2) is 44.2 Å². The van der Waals surface area contributed by atoms with Crippen LogP contribution in [0.1, 0.15) is 0 Å². The second-order valence-electron chi connectivity index (χ2n) is 3.92. The second-order valence-corrected chi connectivity index (χ2v) is 8.66. The van der Waals surface area contributed by atoms with E-state index in [0.717, 1.165) is 10.6 Å². The van der Waals surface area contributed by atoms with Crippen LogP contribution in [-0.2, 0) is 14.3 Å². The summed E-state index contributed by atoms with van der Waals surface area (Å²) < 4.78 is 72.2. The van der Waals surface area contributed by atoms with E-state index in [2.05, 4.69) is 4.74 Å². The normalized spacial score (nSPS) is 16.2. The minimum absolute atomic E-state index is 1.02. The van der Waals surface area contributed by atoms with E-state index in [1.807, 2.05) is 0 Å². The average Bonchev–Trinajstić information content (AvgIpc) is 2.31. The van der Waals surface area contributed by atoms with Gasteiger partial charge in [-0.05, 0) is 0 Å². The van der Waals surface area contributed by atoms with Gasteiger partial charge in [0.2, 0.25) is 7.59 Å². The topological polar surface area (TPSA) is 67.4 Å². The molecule has 2 N–H and O–H groups in total. The zero-order valence-corrected chi connectivity index (χ0v) is 15.5. The number of carbonyl (C=O) groups excluding carboxylic acids is 2. The summed E-state index contributed by atoms with van der Waals surface area (Å²) in [4.78, 5) is 21.8. The lowest BCUT2D eigenvalue weighted by Crippen LogP contribution is -2.57. The Bertz CT molecular complexity index is 459. The van der Waals surface area contributed by atoms with Crippen molar-refractivity contribution in [1.82, 2.24) is 10.6 Å². The number of hydrogen-bond acceptors (Lipinski definition) is 3. The molecule has 148 valence electrons. The lowest BCUT2D eigenvalue weighted by molar-refractivity contribution is -0.184. The van der Waals surface area contributed by atoms with Crippen molar-refractivity contribution in [2.75, 3.05) is 0 Å². The molecule has 0 aliphatic heterocycles. The number of alkyl halides is 12. The first kappa shape index (κ1) is 25.2. The first-order chi connectivity index (χ1) is 10.8. The zero-order valence-electron chi connectivity index (χ0n) is 10.9. The molecule has 0 rings (SSSR count). The van der Waals surface area contributed by atoms with Crippen molar-refractivity contribution in [2.24, 2.45) is 0 Å². The maximum atomic E-state index is 12.2. The number of hydrogen-bond donors (Lipinski definition) is 2. The predicted octanol–water partition coefficient (Wildman–Crippen LogP) is 3.75. The summed E-state index contributed by atoms with van der Waals surface area (Å²) in [6.45, 7) is 0. The van der Waals surface area contributed by atoms with Crippen molar-refractivity contribution in [2.45, 2.75) is 32.4 Å². The van der Waals surface area contributed by atoms with E-state index in [1.165, 1.54) is 0 Å². The number of amides is 2. The van der Waals surface area contributed by atoms with Crippen LogP contribution in [0.15, 0.2) is 0 Å². The van der Waals surface area contributed by atoms with Gasteiger partial charge >= 0.3 is 24.2 Å². The van der Waals surface area contributed by atoms with Crippen LogP contribution in [0.2, 0.25) is 0 Å². The summed E-state index contributed by atoms with van der Waals surface area (Å²) in [5.74, 6) is -5.37. The summed E-state index contributed by atoms with van der Waals surface area (Å²) in [6.07, 6.45) is -16.1. The van der Waals surface area contributed by atoms with E-state index < -0.39 is 44.2 Å². The number of ether oxygens (including phenoxy) is 1. The Kier molecular flexibility index (Phi) is 8.56. The SMILES string of the molecule is O=C(N[C@H](O[C@@H](NC(=O)C(F)(F)F)C(Cl)(Cl)Cl)C(Cl)(Cl)Cl)C(F)(F)F. The van der Waals surface area contributed by atoms with E-state index in [9.17, 15) is 35.9 Å². The predicted molar refractivity (Wildman–Crippen MR) is 77.6 cm³/mol. The average molecular weight is 503 g/mol. The Morgan fingerprint density at radius 1 is 0.680 bits per heavy atom. The van der Waals surface area contributed by atoms with Gasteiger partial charge in [0.25, 0.3) is 0 Å². The first-order valence-electron chi connectivity index (χ1n) is 5.30. The third kappa shape index (κ3) is 9.12. The second kappa shape index (κ2) is 8.49. The molecule has 0 aliphatic carbocycles. The van der Waals surface area contributed by atoms with Gasteiger partial charge in [-0.3, -0.25) is 9.59 Å². The van der Waals surface area contributed by atoms with Crippen molar-refractivity contribution in [3.8, 4) is 0 Å². The Hall–Kier alpha value is 0.220. The molecule has 0 spiro atoms. The Morgan fingerprint density at radius 3 is 1.08 bits per heavy atom. The number of carbonyl (C=O) groups is 2. The monoisotopic (exact) mass is 500 g/mol. The molecule has 5 nitrogen and oxygen atoms in total. The molecule has 2 amide bonds. The molecular weight excluding hydrogens is 499 g/mol. The number of nitrogens with one attached hydrogen (secondary N) is 2. The zero-order chi connectivity index (χ0) is 20.4. The third-order valence-corrected chi connectivity index (χ3v) is 3.10. The largest absolute Gasteiger partial charge is 0.471 e. The van der Waals surface area contributed by atoms with Gasteiger partial charge in [0.1, 0.15) is 0 Å². The molecule has 25 heavy (non-hydrogen) atoms. The van der Waals surface area contributed by atoms with Crippen LogP contribution in [0.5, 0.6) is 0 Å². The van der Waals surface area contributed by atoms with Gasteiger partial charge in [-0.2, -0.15) is 26.3 Å².